The third-order valence-electron chi connectivity index (χ3n) is 4.09. The van der Waals surface area contributed by atoms with Gasteiger partial charge in [0.25, 0.3) is 5.91 Å². The van der Waals surface area contributed by atoms with Crippen molar-refractivity contribution in [2.45, 2.75) is 38.1 Å². The zero-order valence-corrected chi connectivity index (χ0v) is 12.5. The Kier molecular flexibility index (Phi) is 5.44. The van der Waals surface area contributed by atoms with Gasteiger partial charge in [0.15, 0.2) is 0 Å². The molecule has 5 heteroatoms. The predicted octanol–water partition coefficient (Wildman–Crippen LogP) is 2.04. The van der Waals surface area contributed by atoms with Crippen LogP contribution in [-0.2, 0) is 0 Å². The van der Waals surface area contributed by atoms with Crippen LogP contribution in [0.4, 0.5) is 5.69 Å². The van der Waals surface area contributed by atoms with E-state index in [1.54, 1.807) is 30.2 Å². The summed E-state index contributed by atoms with van der Waals surface area (Å²) in [6.07, 6.45) is 5.54. The number of rotatable bonds is 5. The van der Waals surface area contributed by atoms with Crippen LogP contribution in [0.5, 0.6) is 5.75 Å². The highest BCUT2D eigenvalue weighted by Crippen LogP contribution is 2.26. The van der Waals surface area contributed by atoms with E-state index in [0.717, 1.165) is 25.7 Å². The summed E-state index contributed by atoms with van der Waals surface area (Å²) < 4.78 is 5.11. The largest absolute Gasteiger partial charge is 0.495 e. The van der Waals surface area contributed by atoms with E-state index in [0.29, 0.717) is 23.5 Å². The lowest BCUT2D eigenvalue weighted by molar-refractivity contribution is 0.0585. The molecule has 116 valence electrons. The number of nitrogens with zero attached hydrogens (tertiary/aromatic N) is 1. The fraction of sp³-hybridized carbons (Fsp3) is 0.562. The summed E-state index contributed by atoms with van der Waals surface area (Å²) in [6, 6.07) is 5.31. The highest BCUT2D eigenvalue weighted by molar-refractivity contribution is 5.95. The molecule has 1 aliphatic rings. The molecule has 2 rings (SSSR count). The van der Waals surface area contributed by atoms with Gasteiger partial charge in [-0.2, -0.15) is 0 Å². The van der Waals surface area contributed by atoms with Crippen LogP contribution in [-0.4, -0.2) is 42.2 Å². The summed E-state index contributed by atoms with van der Waals surface area (Å²) >= 11 is 0. The Morgan fingerprint density at radius 3 is 2.67 bits per heavy atom. The monoisotopic (exact) mass is 292 g/mol. The first-order chi connectivity index (χ1) is 10.2. The van der Waals surface area contributed by atoms with Crippen molar-refractivity contribution in [1.29, 1.82) is 0 Å². The quantitative estimate of drug-likeness (QED) is 0.814. The van der Waals surface area contributed by atoms with Gasteiger partial charge in [-0.15, -0.1) is 0 Å². The molecule has 1 aromatic rings. The van der Waals surface area contributed by atoms with Gasteiger partial charge in [0.1, 0.15) is 5.75 Å². The molecular formula is C16H24N2O3. The maximum absolute atomic E-state index is 12.7. The van der Waals surface area contributed by atoms with Gasteiger partial charge in [0, 0.05) is 18.2 Å². The Labute approximate surface area is 125 Å². The molecule has 0 spiro atoms. The average molecular weight is 292 g/mol. The van der Waals surface area contributed by atoms with Crippen LogP contribution in [0.15, 0.2) is 18.2 Å². The predicted molar refractivity (Wildman–Crippen MR) is 82.4 cm³/mol. The van der Waals surface area contributed by atoms with E-state index in [1.165, 1.54) is 6.42 Å². The molecule has 0 saturated heterocycles. The van der Waals surface area contributed by atoms with Crippen LogP contribution >= 0.6 is 0 Å². The molecule has 1 aliphatic carbocycles. The summed E-state index contributed by atoms with van der Waals surface area (Å²) in [5.74, 6) is 0.503. The summed E-state index contributed by atoms with van der Waals surface area (Å²) in [4.78, 5) is 14.5. The first kappa shape index (κ1) is 15.6. The van der Waals surface area contributed by atoms with Crippen LogP contribution in [0.3, 0.4) is 0 Å². The Morgan fingerprint density at radius 2 is 2.10 bits per heavy atom. The number of benzene rings is 1. The molecule has 0 aliphatic heterocycles. The van der Waals surface area contributed by atoms with Crippen LogP contribution in [0.2, 0.25) is 0 Å². The maximum Gasteiger partial charge on any atom is 0.254 e. The van der Waals surface area contributed by atoms with E-state index in [9.17, 15) is 9.90 Å². The normalized spacial score (nSPS) is 15.7. The first-order valence-electron chi connectivity index (χ1n) is 7.52. The van der Waals surface area contributed by atoms with Crippen LogP contribution < -0.4 is 10.5 Å². The summed E-state index contributed by atoms with van der Waals surface area (Å²) in [7, 11) is 1.55. The van der Waals surface area contributed by atoms with Crippen LogP contribution in [0.25, 0.3) is 0 Å². The zero-order chi connectivity index (χ0) is 15.2. The van der Waals surface area contributed by atoms with E-state index in [-0.39, 0.29) is 18.6 Å². The number of carbonyl (C=O) groups excluding carboxylic acids is 1. The van der Waals surface area contributed by atoms with Crippen molar-refractivity contribution in [3.8, 4) is 5.75 Å². The van der Waals surface area contributed by atoms with Crippen molar-refractivity contribution in [3.05, 3.63) is 23.8 Å². The van der Waals surface area contributed by atoms with Crippen LogP contribution in [0.1, 0.15) is 42.5 Å². The molecule has 1 aromatic carbocycles. The first-order valence-corrected chi connectivity index (χ1v) is 7.52. The summed E-state index contributed by atoms with van der Waals surface area (Å²) in [5, 5.41) is 9.26. The molecule has 0 atom stereocenters. The number of ether oxygens (including phenoxy) is 1. The Balaban J connectivity index is 2.19. The molecule has 1 fully saturated rings. The Bertz CT molecular complexity index is 484. The van der Waals surface area contributed by atoms with Crippen molar-refractivity contribution in [2.75, 3.05) is 26.0 Å². The third-order valence-corrected chi connectivity index (χ3v) is 4.09. The second kappa shape index (κ2) is 7.31. The third kappa shape index (κ3) is 3.67. The van der Waals surface area contributed by atoms with Crippen LogP contribution in [0, 0.1) is 0 Å². The van der Waals surface area contributed by atoms with Crippen molar-refractivity contribution in [1.82, 2.24) is 4.90 Å². The van der Waals surface area contributed by atoms with Crippen molar-refractivity contribution in [2.24, 2.45) is 0 Å². The Hall–Kier alpha value is -1.75. The van der Waals surface area contributed by atoms with Gasteiger partial charge in [0.2, 0.25) is 0 Å². The van der Waals surface area contributed by atoms with Gasteiger partial charge in [0.05, 0.1) is 19.4 Å². The minimum atomic E-state index is -0.0645. The topological polar surface area (TPSA) is 75.8 Å². The molecule has 0 unspecified atom stereocenters. The molecule has 0 heterocycles. The van der Waals surface area contributed by atoms with Gasteiger partial charge in [-0.1, -0.05) is 19.3 Å². The van der Waals surface area contributed by atoms with E-state index >= 15 is 0 Å². The van der Waals surface area contributed by atoms with E-state index in [4.69, 9.17) is 10.5 Å². The van der Waals surface area contributed by atoms with Crippen molar-refractivity contribution >= 4 is 11.6 Å². The minimum absolute atomic E-state index is 0.0200. The number of hydrogen-bond donors (Lipinski definition) is 2. The number of anilines is 1. The number of aliphatic hydroxyl groups is 1. The molecule has 3 N–H and O–H groups in total. The van der Waals surface area contributed by atoms with Gasteiger partial charge >= 0.3 is 0 Å². The number of amides is 1. The van der Waals surface area contributed by atoms with Gasteiger partial charge in [-0.3, -0.25) is 4.79 Å². The van der Waals surface area contributed by atoms with Crippen molar-refractivity contribution in [3.63, 3.8) is 0 Å². The van der Waals surface area contributed by atoms with E-state index in [1.807, 2.05) is 0 Å². The SMILES string of the molecule is COc1ccc(C(=O)N(CCO)C2CCCCC2)cc1N. The molecule has 0 aromatic heterocycles. The summed E-state index contributed by atoms with van der Waals surface area (Å²) in [6.45, 7) is 0.351. The molecule has 0 bridgehead atoms. The van der Waals surface area contributed by atoms with Gasteiger partial charge in [-0.05, 0) is 31.0 Å². The number of nitrogens with two attached hydrogens (primary N) is 1. The van der Waals surface area contributed by atoms with E-state index in [2.05, 4.69) is 0 Å². The number of nitrogen functional groups attached to an aromatic ring is 1. The lowest BCUT2D eigenvalue weighted by atomic mass is 9.93. The lowest BCUT2D eigenvalue weighted by Gasteiger charge is -2.34. The molecule has 21 heavy (non-hydrogen) atoms. The maximum atomic E-state index is 12.7. The highest BCUT2D eigenvalue weighted by atomic mass is 16.5. The van der Waals surface area contributed by atoms with E-state index < -0.39 is 0 Å². The average Bonchev–Trinajstić information content (AvgIpc) is 2.52. The zero-order valence-electron chi connectivity index (χ0n) is 12.5. The number of carbonyl (C=O) groups is 1. The molecule has 1 amide bonds. The standard InChI is InChI=1S/C16H24N2O3/c1-21-15-8-7-12(11-14(15)17)16(20)18(9-10-19)13-5-3-2-4-6-13/h7-8,11,13,19H,2-6,9-10,17H2,1H3. The summed E-state index contributed by atoms with van der Waals surface area (Å²) in [5.41, 5.74) is 6.88. The molecular weight excluding hydrogens is 268 g/mol. The second-order valence-corrected chi connectivity index (χ2v) is 5.47. The highest BCUT2D eigenvalue weighted by Gasteiger charge is 2.26. The lowest BCUT2D eigenvalue weighted by Crippen LogP contribution is -2.43. The second-order valence-electron chi connectivity index (χ2n) is 5.47. The number of hydrogen-bond acceptors (Lipinski definition) is 4. The fourth-order valence-electron chi connectivity index (χ4n) is 2.98. The smallest absolute Gasteiger partial charge is 0.254 e. The Morgan fingerprint density at radius 1 is 1.38 bits per heavy atom. The minimum Gasteiger partial charge on any atom is -0.495 e. The molecule has 0 radical (unpaired) electrons. The van der Waals surface area contributed by atoms with Gasteiger partial charge in [-0.25, -0.2) is 0 Å². The molecule has 1 saturated carbocycles. The van der Waals surface area contributed by atoms with Crippen molar-refractivity contribution < 1.29 is 14.6 Å². The number of aliphatic hydroxyl groups excluding tert-OH is 1. The molecule has 5 nitrogen and oxygen atoms in total. The number of methoxy groups -OCH3 is 1. The van der Waals surface area contributed by atoms with Gasteiger partial charge < -0.3 is 20.5 Å². The fourth-order valence-corrected chi connectivity index (χ4v) is 2.98.